The Morgan fingerprint density at radius 2 is 2.10 bits per heavy atom. The van der Waals surface area contributed by atoms with Gasteiger partial charge < -0.3 is 15.4 Å². The number of carbonyl (C=O) groups is 1. The first kappa shape index (κ1) is 14.8. The Bertz CT molecular complexity index is 641. The molecule has 0 fully saturated rings. The van der Waals surface area contributed by atoms with E-state index in [4.69, 9.17) is 4.74 Å². The summed E-state index contributed by atoms with van der Waals surface area (Å²) in [5, 5.41) is 5.65. The minimum atomic E-state index is -0.255. The molecule has 0 saturated carbocycles. The summed E-state index contributed by atoms with van der Waals surface area (Å²) in [6.07, 6.45) is 1.65. The molecule has 5 heteroatoms. The number of nitrogens with one attached hydrogen (secondary N) is 2. The van der Waals surface area contributed by atoms with Crippen molar-refractivity contribution in [2.75, 3.05) is 12.4 Å². The van der Waals surface area contributed by atoms with Gasteiger partial charge in [-0.2, -0.15) is 0 Å². The van der Waals surface area contributed by atoms with Crippen molar-refractivity contribution >= 4 is 11.7 Å². The van der Waals surface area contributed by atoms with E-state index in [1.807, 2.05) is 44.2 Å². The number of aryl methyl sites for hydroxylation is 2. The zero-order valence-corrected chi connectivity index (χ0v) is 12.4. The molecule has 2 aromatic rings. The normalized spacial score (nSPS) is 10.0. The number of carbonyl (C=O) groups excluding carboxylic acids is 1. The average Bonchev–Trinajstić information content (AvgIpc) is 2.49. The number of pyridine rings is 1. The maximum atomic E-state index is 12.0. The Morgan fingerprint density at radius 3 is 2.86 bits per heavy atom. The number of methoxy groups -OCH3 is 1. The molecule has 0 bridgehead atoms. The van der Waals surface area contributed by atoms with Crippen molar-refractivity contribution in [2.24, 2.45) is 0 Å². The number of hydrogen-bond donors (Lipinski definition) is 2. The topological polar surface area (TPSA) is 63.2 Å². The highest BCUT2D eigenvalue weighted by atomic mass is 16.5. The van der Waals surface area contributed by atoms with Crippen LogP contribution in [-0.2, 0) is 6.54 Å². The van der Waals surface area contributed by atoms with E-state index in [2.05, 4.69) is 15.6 Å². The Hall–Kier alpha value is -2.56. The highest BCUT2D eigenvalue weighted by molar-refractivity contribution is 5.90. The molecule has 0 spiro atoms. The van der Waals surface area contributed by atoms with Crippen LogP contribution in [0.15, 0.2) is 36.5 Å². The maximum absolute atomic E-state index is 12.0. The lowest BCUT2D eigenvalue weighted by Crippen LogP contribution is -2.28. The number of hydrogen-bond acceptors (Lipinski definition) is 3. The van der Waals surface area contributed by atoms with Gasteiger partial charge in [0, 0.05) is 24.0 Å². The van der Waals surface area contributed by atoms with Gasteiger partial charge in [-0.05, 0) is 37.1 Å². The van der Waals surface area contributed by atoms with E-state index in [9.17, 15) is 4.79 Å². The van der Waals surface area contributed by atoms with Crippen LogP contribution in [0.4, 0.5) is 10.5 Å². The summed E-state index contributed by atoms with van der Waals surface area (Å²) in [6.45, 7) is 4.30. The number of ether oxygens (including phenoxy) is 1. The van der Waals surface area contributed by atoms with E-state index in [0.29, 0.717) is 12.4 Å². The minimum absolute atomic E-state index is 0.255. The van der Waals surface area contributed by atoms with Crippen LogP contribution in [0.3, 0.4) is 0 Å². The number of rotatable bonds is 4. The average molecular weight is 285 g/mol. The van der Waals surface area contributed by atoms with Crippen LogP contribution in [0.5, 0.6) is 5.88 Å². The number of nitrogens with zero attached hydrogens (tertiary/aromatic N) is 1. The molecular weight excluding hydrogens is 266 g/mol. The largest absolute Gasteiger partial charge is 0.481 e. The van der Waals surface area contributed by atoms with E-state index >= 15 is 0 Å². The summed E-state index contributed by atoms with van der Waals surface area (Å²) >= 11 is 0. The molecule has 1 aromatic heterocycles. The molecule has 0 aliphatic rings. The number of anilines is 1. The summed E-state index contributed by atoms with van der Waals surface area (Å²) < 4.78 is 5.15. The molecule has 21 heavy (non-hydrogen) atoms. The molecule has 5 nitrogen and oxygen atoms in total. The quantitative estimate of drug-likeness (QED) is 0.907. The molecule has 2 amide bonds. The van der Waals surface area contributed by atoms with Gasteiger partial charge in [-0.3, -0.25) is 0 Å². The third-order valence-electron chi connectivity index (χ3n) is 3.12. The standard InChI is InChI=1S/C16H19N3O2/c1-11-6-7-12(2)14(9-11)19-16(20)18-10-13-5-4-8-17-15(13)21-3/h4-9H,10H2,1-3H3,(H2,18,19,20). The third-order valence-corrected chi connectivity index (χ3v) is 3.12. The van der Waals surface area contributed by atoms with Crippen LogP contribution < -0.4 is 15.4 Å². The van der Waals surface area contributed by atoms with Crippen LogP contribution in [-0.4, -0.2) is 18.1 Å². The van der Waals surface area contributed by atoms with Crippen molar-refractivity contribution in [3.63, 3.8) is 0 Å². The lowest BCUT2D eigenvalue weighted by Gasteiger charge is -2.11. The van der Waals surface area contributed by atoms with Crippen molar-refractivity contribution in [3.05, 3.63) is 53.2 Å². The van der Waals surface area contributed by atoms with Gasteiger partial charge in [-0.25, -0.2) is 9.78 Å². The fourth-order valence-corrected chi connectivity index (χ4v) is 1.95. The molecule has 1 aromatic carbocycles. The van der Waals surface area contributed by atoms with E-state index in [-0.39, 0.29) is 6.03 Å². The Kier molecular flexibility index (Phi) is 4.77. The van der Waals surface area contributed by atoms with Crippen LogP contribution >= 0.6 is 0 Å². The fraction of sp³-hybridized carbons (Fsp3) is 0.250. The maximum Gasteiger partial charge on any atom is 0.319 e. The summed E-state index contributed by atoms with van der Waals surface area (Å²) in [6, 6.07) is 9.36. The van der Waals surface area contributed by atoms with Gasteiger partial charge in [0.1, 0.15) is 0 Å². The summed E-state index contributed by atoms with van der Waals surface area (Å²) in [5.74, 6) is 0.518. The first-order valence-electron chi connectivity index (χ1n) is 6.70. The molecule has 2 rings (SSSR count). The van der Waals surface area contributed by atoms with Gasteiger partial charge in [-0.1, -0.05) is 18.2 Å². The first-order chi connectivity index (χ1) is 10.1. The number of amides is 2. The van der Waals surface area contributed by atoms with Crippen LogP contribution in [0.2, 0.25) is 0 Å². The molecule has 2 N–H and O–H groups in total. The van der Waals surface area contributed by atoms with Gasteiger partial charge in [-0.15, -0.1) is 0 Å². The lowest BCUT2D eigenvalue weighted by molar-refractivity contribution is 0.251. The summed E-state index contributed by atoms with van der Waals surface area (Å²) in [7, 11) is 1.56. The summed E-state index contributed by atoms with van der Waals surface area (Å²) in [4.78, 5) is 16.1. The van der Waals surface area contributed by atoms with E-state index in [0.717, 1.165) is 22.4 Å². The van der Waals surface area contributed by atoms with Gasteiger partial charge in [0.2, 0.25) is 5.88 Å². The van der Waals surface area contributed by atoms with Crippen LogP contribution in [0, 0.1) is 13.8 Å². The van der Waals surface area contributed by atoms with E-state index in [1.54, 1.807) is 13.3 Å². The SMILES string of the molecule is COc1ncccc1CNC(=O)Nc1cc(C)ccc1C. The predicted molar refractivity (Wildman–Crippen MR) is 82.6 cm³/mol. The molecule has 0 radical (unpaired) electrons. The van der Waals surface area contributed by atoms with Gasteiger partial charge >= 0.3 is 6.03 Å². The van der Waals surface area contributed by atoms with Crippen molar-refractivity contribution in [3.8, 4) is 5.88 Å². The molecule has 0 unspecified atom stereocenters. The zero-order chi connectivity index (χ0) is 15.2. The molecular formula is C16H19N3O2. The van der Waals surface area contributed by atoms with Gasteiger partial charge in [0.25, 0.3) is 0 Å². The van der Waals surface area contributed by atoms with Crippen LogP contribution in [0.1, 0.15) is 16.7 Å². The Balaban J connectivity index is 1.97. The number of urea groups is 1. The minimum Gasteiger partial charge on any atom is -0.481 e. The Labute approximate surface area is 124 Å². The van der Waals surface area contributed by atoms with Crippen molar-refractivity contribution in [2.45, 2.75) is 20.4 Å². The number of benzene rings is 1. The van der Waals surface area contributed by atoms with Crippen LogP contribution in [0.25, 0.3) is 0 Å². The molecule has 0 saturated heterocycles. The third kappa shape index (κ3) is 3.95. The Morgan fingerprint density at radius 1 is 1.29 bits per heavy atom. The highest BCUT2D eigenvalue weighted by Crippen LogP contribution is 2.16. The molecule has 110 valence electrons. The van der Waals surface area contributed by atoms with E-state index in [1.165, 1.54) is 0 Å². The van der Waals surface area contributed by atoms with Crippen molar-refractivity contribution in [1.29, 1.82) is 0 Å². The summed E-state index contributed by atoms with van der Waals surface area (Å²) in [5.41, 5.74) is 3.77. The predicted octanol–water partition coefficient (Wildman–Crippen LogP) is 3.03. The number of aromatic nitrogens is 1. The monoisotopic (exact) mass is 285 g/mol. The fourth-order valence-electron chi connectivity index (χ4n) is 1.95. The molecule has 0 aliphatic heterocycles. The molecule has 1 heterocycles. The van der Waals surface area contributed by atoms with E-state index < -0.39 is 0 Å². The van der Waals surface area contributed by atoms with Crippen molar-refractivity contribution in [1.82, 2.24) is 10.3 Å². The van der Waals surface area contributed by atoms with Gasteiger partial charge in [0.05, 0.1) is 7.11 Å². The second-order valence-electron chi connectivity index (χ2n) is 4.80. The smallest absolute Gasteiger partial charge is 0.319 e. The molecule has 0 aliphatic carbocycles. The second kappa shape index (κ2) is 6.74. The molecule has 0 atom stereocenters. The lowest BCUT2D eigenvalue weighted by atomic mass is 10.1. The van der Waals surface area contributed by atoms with Gasteiger partial charge in [0.15, 0.2) is 0 Å². The van der Waals surface area contributed by atoms with Crippen molar-refractivity contribution < 1.29 is 9.53 Å². The highest BCUT2D eigenvalue weighted by Gasteiger charge is 2.07. The second-order valence-corrected chi connectivity index (χ2v) is 4.80. The zero-order valence-electron chi connectivity index (χ0n) is 12.4. The first-order valence-corrected chi connectivity index (χ1v) is 6.70.